The van der Waals surface area contributed by atoms with Gasteiger partial charge < -0.3 is 15.8 Å². The van der Waals surface area contributed by atoms with Crippen molar-refractivity contribution >= 4 is 5.91 Å². The van der Waals surface area contributed by atoms with Crippen molar-refractivity contribution in [1.29, 1.82) is 0 Å². The molecule has 1 atom stereocenters. The summed E-state index contributed by atoms with van der Waals surface area (Å²) in [7, 11) is 0. The molecule has 0 aliphatic heterocycles. The van der Waals surface area contributed by atoms with Crippen molar-refractivity contribution in [2.45, 2.75) is 32.2 Å². The summed E-state index contributed by atoms with van der Waals surface area (Å²) < 4.78 is 5.03. The van der Waals surface area contributed by atoms with E-state index in [1.807, 2.05) is 6.92 Å². The molecule has 0 aromatic heterocycles. The van der Waals surface area contributed by atoms with Crippen LogP contribution >= 0.6 is 0 Å². The van der Waals surface area contributed by atoms with Gasteiger partial charge in [-0.2, -0.15) is 0 Å². The number of carbonyl (C=O) groups excluding carboxylic acids is 1. The first-order valence-electron chi connectivity index (χ1n) is 5.29. The number of rotatable bonds is 7. The van der Waals surface area contributed by atoms with Crippen molar-refractivity contribution in [1.82, 2.24) is 5.32 Å². The number of nitrogens with one attached hydrogen (secondary N) is 1. The van der Waals surface area contributed by atoms with Crippen LogP contribution in [0.2, 0.25) is 0 Å². The Bertz CT molecular complexity index is 181. The lowest BCUT2D eigenvalue weighted by molar-refractivity contribution is -0.126. The van der Waals surface area contributed by atoms with Crippen LogP contribution in [-0.4, -0.2) is 31.7 Å². The van der Waals surface area contributed by atoms with Crippen molar-refractivity contribution in [3.63, 3.8) is 0 Å². The number of carbonyl (C=O) groups is 1. The first-order valence-corrected chi connectivity index (χ1v) is 5.29. The van der Waals surface area contributed by atoms with Crippen LogP contribution in [0.4, 0.5) is 0 Å². The van der Waals surface area contributed by atoms with E-state index in [0.29, 0.717) is 13.2 Å². The number of amides is 1. The molecule has 1 saturated carbocycles. The molecule has 0 radical (unpaired) electrons. The Hall–Kier alpha value is -0.610. The molecule has 0 spiro atoms. The fourth-order valence-corrected chi connectivity index (χ4v) is 1.48. The normalized spacial score (nSPS) is 17.9. The number of hydrogen-bond donors (Lipinski definition) is 2. The summed E-state index contributed by atoms with van der Waals surface area (Å²) in [6.07, 6.45) is 3.75. The predicted molar refractivity (Wildman–Crippen MR) is 54.8 cm³/mol. The highest BCUT2D eigenvalue weighted by molar-refractivity contribution is 5.77. The SMILES string of the molecule is CC(CC1CC1)NC(=O)COCCN. The Morgan fingerprint density at radius 1 is 1.64 bits per heavy atom. The maximum Gasteiger partial charge on any atom is 0.246 e. The van der Waals surface area contributed by atoms with E-state index in [1.54, 1.807) is 0 Å². The second kappa shape index (κ2) is 5.98. The number of nitrogens with two attached hydrogens (primary N) is 1. The van der Waals surface area contributed by atoms with Crippen LogP contribution in [0.15, 0.2) is 0 Å². The zero-order chi connectivity index (χ0) is 10.4. The summed E-state index contributed by atoms with van der Waals surface area (Å²) in [5.41, 5.74) is 5.23. The fraction of sp³-hybridized carbons (Fsp3) is 0.900. The molecule has 4 heteroatoms. The van der Waals surface area contributed by atoms with Gasteiger partial charge in [-0.15, -0.1) is 0 Å². The number of hydrogen-bond acceptors (Lipinski definition) is 3. The molecular formula is C10H20N2O2. The highest BCUT2D eigenvalue weighted by atomic mass is 16.5. The van der Waals surface area contributed by atoms with Gasteiger partial charge in [0.05, 0.1) is 6.61 Å². The minimum absolute atomic E-state index is 0.0356. The zero-order valence-corrected chi connectivity index (χ0v) is 8.79. The van der Waals surface area contributed by atoms with Crippen molar-refractivity contribution in [3.8, 4) is 0 Å². The minimum atomic E-state index is -0.0356. The third kappa shape index (κ3) is 5.19. The lowest BCUT2D eigenvalue weighted by Gasteiger charge is -2.13. The summed E-state index contributed by atoms with van der Waals surface area (Å²) >= 11 is 0. The molecule has 0 saturated heterocycles. The third-order valence-corrected chi connectivity index (χ3v) is 2.29. The van der Waals surface area contributed by atoms with Crippen LogP contribution in [0.5, 0.6) is 0 Å². The summed E-state index contributed by atoms with van der Waals surface area (Å²) in [5, 5.41) is 2.91. The van der Waals surface area contributed by atoms with E-state index in [-0.39, 0.29) is 18.6 Å². The van der Waals surface area contributed by atoms with Gasteiger partial charge in [0.25, 0.3) is 0 Å². The van der Waals surface area contributed by atoms with Gasteiger partial charge in [0.15, 0.2) is 0 Å². The lowest BCUT2D eigenvalue weighted by Crippen LogP contribution is -2.35. The van der Waals surface area contributed by atoms with Crippen molar-refractivity contribution in [2.24, 2.45) is 11.7 Å². The molecule has 4 nitrogen and oxygen atoms in total. The van der Waals surface area contributed by atoms with Gasteiger partial charge in [-0.25, -0.2) is 0 Å². The first-order chi connectivity index (χ1) is 6.72. The standard InChI is InChI=1S/C10H20N2O2/c1-8(6-9-2-3-9)12-10(13)7-14-5-4-11/h8-9H,2-7,11H2,1H3,(H,12,13). The maximum atomic E-state index is 11.3. The van der Waals surface area contributed by atoms with Gasteiger partial charge in [-0.1, -0.05) is 12.8 Å². The number of ether oxygens (including phenoxy) is 1. The van der Waals surface area contributed by atoms with Crippen molar-refractivity contribution < 1.29 is 9.53 Å². The monoisotopic (exact) mass is 200 g/mol. The lowest BCUT2D eigenvalue weighted by atomic mass is 10.1. The van der Waals surface area contributed by atoms with Gasteiger partial charge in [-0.05, 0) is 19.3 Å². The molecule has 1 aliphatic rings. The summed E-state index contributed by atoms with van der Waals surface area (Å²) in [6.45, 7) is 3.08. The first kappa shape index (κ1) is 11.5. The highest BCUT2D eigenvalue weighted by Crippen LogP contribution is 2.33. The Morgan fingerprint density at radius 2 is 2.36 bits per heavy atom. The minimum Gasteiger partial charge on any atom is -0.370 e. The molecule has 0 aromatic carbocycles. The van der Waals surface area contributed by atoms with E-state index >= 15 is 0 Å². The van der Waals surface area contributed by atoms with Crippen LogP contribution in [0.1, 0.15) is 26.2 Å². The van der Waals surface area contributed by atoms with Crippen molar-refractivity contribution in [2.75, 3.05) is 19.8 Å². The molecular weight excluding hydrogens is 180 g/mol. The van der Waals surface area contributed by atoms with Crippen LogP contribution in [-0.2, 0) is 9.53 Å². The average molecular weight is 200 g/mol. The van der Waals surface area contributed by atoms with E-state index in [9.17, 15) is 4.79 Å². The van der Waals surface area contributed by atoms with Crippen LogP contribution in [0.3, 0.4) is 0 Å². The van der Waals surface area contributed by atoms with Gasteiger partial charge in [-0.3, -0.25) is 4.79 Å². The van der Waals surface area contributed by atoms with Gasteiger partial charge in [0.1, 0.15) is 6.61 Å². The second-order valence-corrected chi connectivity index (χ2v) is 3.99. The molecule has 1 aliphatic carbocycles. The highest BCUT2D eigenvalue weighted by Gasteiger charge is 2.23. The maximum absolute atomic E-state index is 11.3. The molecule has 0 bridgehead atoms. The summed E-state index contributed by atoms with van der Waals surface area (Å²) in [6, 6.07) is 0.275. The van der Waals surface area contributed by atoms with E-state index in [1.165, 1.54) is 12.8 Å². The summed E-state index contributed by atoms with van der Waals surface area (Å²) in [4.78, 5) is 11.3. The van der Waals surface area contributed by atoms with Gasteiger partial charge >= 0.3 is 0 Å². The molecule has 0 heterocycles. The Morgan fingerprint density at radius 3 is 2.93 bits per heavy atom. The second-order valence-electron chi connectivity index (χ2n) is 3.99. The average Bonchev–Trinajstić information content (AvgIpc) is 2.88. The smallest absolute Gasteiger partial charge is 0.246 e. The van der Waals surface area contributed by atoms with Crippen LogP contribution < -0.4 is 11.1 Å². The van der Waals surface area contributed by atoms with Gasteiger partial charge in [0.2, 0.25) is 5.91 Å². The molecule has 14 heavy (non-hydrogen) atoms. The Kier molecular flexibility index (Phi) is 4.90. The zero-order valence-electron chi connectivity index (χ0n) is 8.79. The predicted octanol–water partition coefficient (Wildman–Crippen LogP) is 0.267. The quantitative estimate of drug-likeness (QED) is 0.580. The Balaban J connectivity index is 1.99. The van der Waals surface area contributed by atoms with Crippen LogP contribution in [0, 0.1) is 5.92 Å². The Labute approximate surface area is 85.2 Å². The molecule has 1 fully saturated rings. The largest absolute Gasteiger partial charge is 0.370 e. The third-order valence-electron chi connectivity index (χ3n) is 2.29. The van der Waals surface area contributed by atoms with E-state index < -0.39 is 0 Å². The molecule has 3 N–H and O–H groups in total. The van der Waals surface area contributed by atoms with Crippen molar-refractivity contribution in [3.05, 3.63) is 0 Å². The molecule has 1 amide bonds. The van der Waals surface area contributed by atoms with E-state index in [2.05, 4.69) is 5.32 Å². The van der Waals surface area contributed by atoms with E-state index in [0.717, 1.165) is 12.3 Å². The topological polar surface area (TPSA) is 64.3 Å². The molecule has 0 aromatic rings. The van der Waals surface area contributed by atoms with Gasteiger partial charge in [0, 0.05) is 12.6 Å². The fourth-order valence-electron chi connectivity index (χ4n) is 1.48. The molecule has 1 unspecified atom stereocenters. The molecule has 82 valence electrons. The van der Waals surface area contributed by atoms with E-state index in [4.69, 9.17) is 10.5 Å². The molecule has 1 rings (SSSR count). The van der Waals surface area contributed by atoms with Crippen LogP contribution in [0.25, 0.3) is 0 Å². The summed E-state index contributed by atoms with van der Waals surface area (Å²) in [5.74, 6) is 0.807.